The second-order valence-electron chi connectivity index (χ2n) is 3.29. The molecule has 0 amide bonds. The summed E-state index contributed by atoms with van der Waals surface area (Å²) in [4.78, 5) is 0. The molecule has 80 valence electrons. The average molecular weight is 233 g/mol. The minimum atomic E-state index is 0. The molecule has 0 heterocycles. The maximum absolute atomic E-state index is 2.16. The van der Waals surface area contributed by atoms with Crippen LogP contribution >= 0.6 is 24.8 Å². The predicted molar refractivity (Wildman–Crippen MR) is 69.5 cm³/mol. The molecule has 2 rings (SSSR count). The van der Waals surface area contributed by atoms with Crippen molar-refractivity contribution in [2.45, 2.75) is 26.7 Å². The van der Waals surface area contributed by atoms with Crippen LogP contribution in [0.2, 0.25) is 0 Å². The molecule has 0 N–H and O–H groups in total. The first-order chi connectivity index (χ1) is 5.79. The molecule has 2 heteroatoms. The molecule has 0 aromatic carbocycles. The summed E-state index contributed by atoms with van der Waals surface area (Å²) in [6.07, 6.45) is 15.1. The van der Waals surface area contributed by atoms with Gasteiger partial charge in [0.25, 0.3) is 0 Å². The summed E-state index contributed by atoms with van der Waals surface area (Å²) in [5.74, 6) is 0. The first-order valence-corrected chi connectivity index (χ1v) is 4.43. The van der Waals surface area contributed by atoms with E-state index >= 15 is 0 Å². The Kier molecular flexibility index (Phi) is 10.4. The van der Waals surface area contributed by atoms with Crippen LogP contribution in [0.5, 0.6) is 0 Å². The smallest absolute Gasteiger partial charge is 0.0135 e. The van der Waals surface area contributed by atoms with E-state index in [1.165, 1.54) is 24.0 Å². The van der Waals surface area contributed by atoms with E-state index in [9.17, 15) is 0 Å². The van der Waals surface area contributed by atoms with E-state index in [1.54, 1.807) is 0 Å². The molecule has 0 saturated heterocycles. The second-order valence-corrected chi connectivity index (χ2v) is 3.29. The van der Waals surface area contributed by atoms with Crippen LogP contribution in [0, 0.1) is 0 Å². The average Bonchev–Trinajstić information content (AvgIpc) is 2.63. The molecule has 0 nitrogen and oxygen atoms in total. The molecule has 0 aromatic rings. The molecular formula is C12H18Cl2. The van der Waals surface area contributed by atoms with Gasteiger partial charge >= 0.3 is 0 Å². The van der Waals surface area contributed by atoms with Crippen molar-refractivity contribution >= 4 is 24.8 Å². The van der Waals surface area contributed by atoms with Crippen molar-refractivity contribution in [3.8, 4) is 0 Å². The minimum absolute atomic E-state index is 0. The van der Waals surface area contributed by atoms with Crippen LogP contribution in [0.3, 0.4) is 0 Å². The molecule has 0 aliphatic heterocycles. The molecule has 0 aromatic heterocycles. The first-order valence-electron chi connectivity index (χ1n) is 4.43. The lowest BCUT2D eigenvalue weighted by atomic mass is 10.3. The lowest BCUT2D eigenvalue weighted by molar-refractivity contribution is 1.25. The minimum Gasteiger partial charge on any atom is -0.147 e. The van der Waals surface area contributed by atoms with Gasteiger partial charge in [-0.2, -0.15) is 0 Å². The van der Waals surface area contributed by atoms with E-state index in [4.69, 9.17) is 0 Å². The zero-order valence-corrected chi connectivity index (χ0v) is 10.3. The Hall–Kier alpha value is -0.460. The van der Waals surface area contributed by atoms with E-state index in [0.717, 1.165) is 0 Å². The van der Waals surface area contributed by atoms with E-state index in [0.29, 0.717) is 0 Å². The zero-order valence-electron chi connectivity index (χ0n) is 8.69. The van der Waals surface area contributed by atoms with E-state index in [1.807, 2.05) is 0 Å². The van der Waals surface area contributed by atoms with Gasteiger partial charge in [-0.05, 0) is 26.7 Å². The Morgan fingerprint density at radius 2 is 1.14 bits per heavy atom. The number of hydrogen-bond acceptors (Lipinski definition) is 0. The van der Waals surface area contributed by atoms with Gasteiger partial charge in [0.1, 0.15) is 0 Å². The van der Waals surface area contributed by atoms with Crippen LogP contribution in [-0.4, -0.2) is 0 Å². The fraction of sp³-hybridized carbons (Fsp3) is 0.333. The van der Waals surface area contributed by atoms with Gasteiger partial charge in [-0.3, -0.25) is 0 Å². The summed E-state index contributed by atoms with van der Waals surface area (Å²) >= 11 is 0. The number of halogens is 2. The van der Waals surface area contributed by atoms with Crippen LogP contribution in [0.15, 0.2) is 47.6 Å². The van der Waals surface area contributed by atoms with Gasteiger partial charge in [-0.25, -0.2) is 0 Å². The van der Waals surface area contributed by atoms with Gasteiger partial charge in [0.05, 0.1) is 0 Å². The Labute approximate surface area is 99.3 Å². The number of hydrogen-bond donors (Lipinski definition) is 0. The van der Waals surface area contributed by atoms with Gasteiger partial charge in [-0.15, -0.1) is 24.8 Å². The highest BCUT2D eigenvalue weighted by Gasteiger charge is 1.86. The zero-order chi connectivity index (χ0) is 8.81. The molecule has 2 aliphatic rings. The van der Waals surface area contributed by atoms with Crippen molar-refractivity contribution in [1.82, 2.24) is 0 Å². The molecule has 0 unspecified atom stereocenters. The third kappa shape index (κ3) is 6.99. The molecule has 0 atom stereocenters. The third-order valence-electron chi connectivity index (χ3n) is 1.91. The van der Waals surface area contributed by atoms with Crippen molar-refractivity contribution in [1.29, 1.82) is 0 Å². The summed E-state index contributed by atoms with van der Waals surface area (Å²) < 4.78 is 0. The van der Waals surface area contributed by atoms with Gasteiger partial charge < -0.3 is 0 Å². The molecule has 2 aliphatic carbocycles. The summed E-state index contributed by atoms with van der Waals surface area (Å²) in [5, 5.41) is 0. The van der Waals surface area contributed by atoms with E-state index in [2.05, 4.69) is 50.3 Å². The van der Waals surface area contributed by atoms with Crippen molar-refractivity contribution in [3.05, 3.63) is 47.6 Å². The van der Waals surface area contributed by atoms with Crippen LogP contribution < -0.4 is 0 Å². The van der Waals surface area contributed by atoms with Crippen molar-refractivity contribution in [3.63, 3.8) is 0 Å². The fourth-order valence-electron chi connectivity index (χ4n) is 1.11. The van der Waals surface area contributed by atoms with Gasteiger partial charge in [0.2, 0.25) is 0 Å². The monoisotopic (exact) mass is 232 g/mol. The standard InChI is InChI=1S/2C6H8.2ClH/c2*1-6-4-2-3-5-6;;/h2*2-4H,5H2,1H3;2*1H. The molecule has 14 heavy (non-hydrogen) atoms. The fourth-order valence-corrected chi connectivity index (χ4v) is 1.11. The Bertz CT molecular complexity index is 229. The normalized spacial score (nSPS) is 15.9. The van der Waals surface area contributed by atoms with Crippen molar-refractivity contribution < 1.29 is 0 Å². The Balaban J connectivity index is 0. The van der Waals surface area contributed by atoms with Crippen LogP contribution in [0.25, 0.3) is 0 Å². The van der Waals surface area contributed by atoms with Crippen LogP contribution in [-0.2, 0) is 0 Å². The largest absolute Gasteiger partial charge is 0.147 e. The molecule has 0 spiro atoms. The van der Waals surface area contributed by atoms with Gasteiger partial charge in [0, 0.05) is 0 Å². The van der Waals surface area contributed by atoms with Gasteiger partial charge in [0.15, 0.2) is 0 Å². The summed E-state index contributed by atoms with van der Waals surface area (Å²) in [5.41, 5.74) is 2.94. The maximum atomic E-state index is 2.16. The van der Waals surface area contributed by atoms with Crippen LogP contribution in [0.1, 0.15) is 26.7 Å². The van der Waals surface area contributed by atoms with Gasteiger partial charge in [-0.1, -0.05) is 47.6 Å². The molecule has 0 radical (unpaired) electrons. The predicted octanol–water partition coefficient (Wildman–Crippen LogP) is 4.63. The highest BCUT2D eigenvalue weighted by molar-refractivity contribution is 5.85. The van der Waals surface area contributed by atoms with Crippen molar-refractivity contribution in [2.75, 3.05) is 0 Å². The molecule has 0 saturated carbocycles. The second kappa shape index (κ2) is 9.11. The van der Waals surface area contributed by atoms with E-state index in [-0.39, 0.29) is 24.8 Å². The van der Waals surface area contributed by atoms with Crippen molar-refractivity contribution in [2.24, 2.45) is 0 Å². The Morgan fingerprint density at radius 3 is 1.21 bits per heavy atom. The molecule has 0 fully saturated rings. The maximum Gasteiger partial charge on any atom is -0.0135 e. The first kappa shape index (κ1) is 16.0. The summed E-state index contributed by atoms with van der Waals surface area (Å²) in [7, 11) is 0. The lowest BCUT2D eigenvalue weighted by Gasteiger charge is -1.78. The summed E-state index contributed by atoms with van der Waals surface area (Å²) in [6, 6.07) is 0. The Morgan fingerprint density at radius 1 is 0.786 bits per heavy atom. The highest BCUT2D eigenvalue weighted by Crippen LogP contribution is 2.07. The third-order valence-corrected chi connectivity index (χ3v) is 1.91. The molecule has 0 bridgehead atoms. The number of allylic oxidation sites excluding steroid dienone is 8. The van der Waals surface area contributed by atoms with Crippen LogP contribution in [0.4, 0.5) is 0 Å². The summed E-state index contributed by atoms with van der Waals surface area (Å²) in [6.45, 7) is 4.28. The lowest BCUT2D eigenvalue weighted by Crippen LogP contribution is -1.58. The number of rotatable bonds is 0. The SMILES string of the molecule is CC1=CC=CC1.CC1=CC=CC1.Cl.Cl. The topological polar surface area (TPSA) is 0 Å². The van der Waals surface area contributed by atoms with E-state index < -0.39 is 0 Å². The molecular weight excluding hydrogens is 215 g/mol. The highest BCUT2D eigenvalue weighted by atomic mass is 35.5. The quantitative estimate of drug-likeness (QED) is 0.572.